The minimum atomic E-state index is -0.267. The van der Waals surface area contributed by atoms with Crippen molar-refractivity contribution in [3.05, 3.63) is 59.1 Å². The largest absolute Gasteiger partial charge is 0.496 e. The molecule has 1 N–H and O–H groups in total. The topological polar surface area (TPSA) is 58.6 Å². The molecule has 0 spiro atoms. The van der Waals surface area contributed by atoms with Crippen LogP contribution >= 0.6 is 11.6 Å². The molecule has 1 aliphatic rings. The monoisotopic (exact) mass is 370 g/mol. The minimum absolute atomic E-state index is 0.139. The van der Waals surface area contributed by atoms with E-state index >= 15 is 0 Å². The van der Waals surface area contributed by atoms with E-state index in [9.17, 15) is 9.59 Å². The maximum absolute atomic E-state index is 12.1. The van der Waals surface area contributed by atoms with Gasteiger partial charge in [0.1, 0.15) is 5.75 Å². The van der Waals surface area contributed by atoms with Crippen molar-refractivity contribution in [1.29, 1.82) is 0 Å². The summed E-state index contributed by atoms with van der Waals surface area (Å²) in [5, 5.41) is 3.36. The standard InChI is InChI=1S/C20H19ClN2O3/c1-26-18-10-5-15(21)13-14(18)4-11-19(24)22-16-6-8-17(9-7-16)23-12-2-3-20(23)25/h4-11,13H,2-3,12H2,1H3,(H,22,24)/b11-4+. The Labute approximate surface area is 157 Å². The summed E-state index contributed by atoms with van der Waals surface area (Å²) in [5.41, 5.74) is 2.23. The summed E-state index contributed by atoms with van der Waals surface area (Å²) < 4.78 is 5.25. The molecule has 134 valence electrons. The number of ether oxygens (including phenoxy) is 1. The number of carbonyl (C=O) groups is 2. The zero-order chi connectivity index (χ0) is 18.5. The molecule has 3 rings (SSSR count). The first-order chi connectivity index (χ1) is 12.6. The van der Waals surface area contributed by atoms with Crippen molar-refractivity contribution < 1.29 is 14.3 Å². The number of anilines is 2. The molecule has 1 heterocycles. The molecule has 5 nitrogen and oxygen atoms in total. The number of hydrogen-bond acceptors (Lipinski definition) is 3. The van der Waals surface area contributed by atoms with E-state index in [2.05, 4.69) is 5.32 Å². The Kier molecular flexibility index (Phi) is 5.58. The van der Waals surface area contributed by atoms with Gasteiger partial charge >= 0.3 is 0 Å². The average molecular weight is 371 g/mol. The summed E-state index contributed by atoms with van der Waals surface area (Å²) in [5.74, 6) is 0.510. The van der Waals surface area contributed by atoms with Crippen LogP contribution in [0.1, 0.15) is 18.4 Å². The number of nitrogens with one attached hydrogen (secondary N) is 1. The van der Waals surface area contributed by atoms with E-state index in [1.807, 2.05) is 12.1 Å². The molecule has 0 radical (unpaired) electrons. The highest BCUT2D eigenvalue weighted by atomic mass is 35.5. The lowest BCUT2D eigenvalue weighted by atomic mass is 10.2. The molecule has 1 aliphatic heterocycles. The van der Waals surface area contributed by atoms with E-state index < -0.39 is 0 Å². The second-order valence-electron chi connectivity index (χ2n) is 5.90. The fourth-order valence-corrected chi connectivity index (χ4v) is 3.01. The highest BCUT2D eigenvalue weighted by molar-refractivity contribution is 6.30. The van der Waals surface area contributed by atoms with Crippen LogP contribution in [0.2, 0.25) is 5.02 Å². The third kappa shape index (κ3) is 4.24. The average Bonchev–Trinajstić information content (AvgIpc) is 3.07. The second-order valence-corrected chi connectivity index (χ2v) is 6.34. The number of carbonyl (C=O) groups excluding carboxylic acids is 2. The van der Waals surface area contributed by atoms with E-state index in [0.29, 0.717) is 22.9 Å². The highest BCUT2D eigenvalue weighted by Crippen LogP contribution is 2.25. The maximum atomic E-state index is 12.1. The van der Waals surface area contributed by atoms with Crippen molar-refractivity contribution in [2.24, 2.45) is 0 Å². The number of methoxy groups -OCH3 is 1. The van der Waals surface area contributed by atoms with Crippen LogP contribution in [0.4, 0.5) is 11.4 Å². The molecule has 0 atom stereocenters. The summed E-state index contributed by atoms with van der Waals surface area (Å²) in [4.78, 5) is 25.6. The third-order valence-electron chi connectivity index (χ3n) is 4.13. The SMILES string of the molecule is COc1ccc(Cl)cc1/C=C/C(=O)Nc1ccc(N2CCCC2=O)cc1. The van der Waals surface area contributed by atoms with Crippen molar-refractivity contribution in [2.45, 2.75) is 12.8 Å². The first-order valence-corrected chi connectivity index (χ1v) is 8.67. The van der Waals surface area contributed by atoms with E-state index in [1.54, 1.807) is 48.4 Å². The summed E-state index contributed by atoms with van der Waals surface area (Å²) >= 11 is 5.98. The quantitative estimate of drug-likeness (QED) is 0.805. The number of benzene rings is 2. The van der Waals surface area contributed by atoms with Crippen LogP contribution < -0.4 is 15.0 Å². The van der Waals surface area contributed by atoms with Crippen LogP contribution in [-0.4, -0.2) is 25.5 Å². The van der Waals surface area contributed by atoms with Gasteiger partial charge in [-0.2, -0.15) is 0 Å². The van der Waals surface area contributed by atoms with E-state index in [0.717, 1.165) is 24.2 Å². The third-order valence-corrected chi connectivity index (χ3v) is 4.36. The lowest BCUT2D eigenvalue weighted by Gasteiger charge is -2.15. The number of nitrogens with zero attached hydrogens (tertiary/aromatic N) is 1. The summed E-state index contributed by atoms with van der Waals surface area (Å²) in [6, 6.07) is 12.4. The van der Waals surface area contributed by atoms with Crippen LogP contribution in [-0.2, 0) is 9.59 Å². The molecule has 2 amide bonds. The van der Waals surface area contributed by atoms with Gasteiger partial charge in [-0.05, 0) is 55.0 Å². The highest BCUT2D eigenvalue weighted by Gasteiger charge is 2.21. The molecular formula is C20H19ClN2O3. The van der Waals surface area contributed by atoms with Crippen molar-refractivity contribution in [1.82, 2.24) is 0 Å². The van der Waals surface area contributed by atoms with Crippen molar-refractivity contribution in [3.63, 3.8) is 0 Å². The maximum Gasteiger partial charge on any atom is 0.248 e. The van der Waals surface area contributed by atoms with Gasteiger partial charge in [0.05, 0.1) is 7.11 Å². The van der Waals surface area contributed by atoms with Crippen LogP contribution in [0, 0.1) is 0 Å². The van der Waals surface area contributed by atoms with Crippen molar-refractivity contribution >= 4 is 40.9 Å². The molecule has 6 heteroatoms. The van der Waals surface area contributed by atoms with Crippen LogP contribution in [0.5, 0.6) is 5.75 Å². The zero-order valence-corrected chi connectivity index (χ0v) is 15.1. The molecule has 2 aromatic rings. The van der Waals surface area contributed by atoms with Gasteiger partial charge in [0.2, 0.25) is 11.8 Å². The van der Waals surface area contributed by atoms with E-state index in [1.165, 1.54) is 6.08 Å². The van der Waals surface area contributed by atoms with E-state index in [4.69, 9.17) is 16.3 Å². The van der Waals surface area contributed by atoms with Gasteiger partial charge in [0.25, 0.3) is 0 Å². The number of rotatable bonds is 5. The fraction of sp³-hybridized carbons (Fsp3) is 0.200. The van der Waals surface area contributed by atoms with Crippen LogP contribution in [0.25, 0.3) is 6.08 Å². The molecule has 0 bridgehead atoms. The number of amides is 2. The van der Waals surface area contributed by atoms with Gasteiger partial charge in [-0.1, -0.05) is 11.6 Å². The Morgan fingerprint density at radius 1 is 1.23 bits per heavy atom. The molecule has 0 aromatic heterocycles. The Morgan fingerprint density at radius 2 is 2.00 bits per heavy atom. The van der Waals surface area contributed by atoms with E-state index in [-0.39, 0.29) is 11.8 Å². The summed E-state index contributed by atoms with van der Waals surface area (Å²) in [7, 11) is 1.56. The molecule has 26 heavy (non-hydrogen) atoms. The molecule has 1 fully saturated rings. The normalized spacial score (nSPS) is 14.1. The predicted octanol–water partition coefficient (Wildman–Crippen LogP) is 4.13. The van der Waals surface area contributed by atoms with Gasteiger partial charge in [-0.3, -0.25) is 9.59 Å². The van der Waals surface area contributed by atoms with Gasteiger partial charge in [-0.15, -0.1) is 0 Å². The number of halogens is 1. The lowest BCUT2D eigenvalue weighted by Crippen LogP contribution is -2.23. The summed E-state index contributed by atoms with van der Waals surface area (Å²) in [6.07, 6.45) is 4.55. The molecule has 0 aliphatic carbocycles. The predicted molar refractivity (Wildman–Crippen MR) is 104 cm³/mol. The Bertz CT molecular complexity index is 847. The molecular weight excluding hydrogens is 352 g/mol. The fourth-order valence-electron chi connectivity index (χ4n) is 2.83. The Hall–Kier alpha value is -2.79. The lowest BCUT2D eigenvalue weighted by molar-refractivity contribution is -0.117. The van der Waals surface area contributed by atoms with Crippen LogP contribution in [0.3, 0.4) is 0 Å². The van der Waals surface area contributed by atoms with Gasteiger partial charge in [0, 0.05) is 41.0 Å². The molecule has 0 unspecified atom stereocenters. The van der Waals surface area contributed by atoms with Crippen molar-refractivity contribution in [2.75, 3.05) is 23.9 Å². The number of hydrogen-bond donors (Lipinski definition) is 1. The van der Waals surface area contributed by atoms with Gasteiger partial charge in [-0.25, -0.2) is 0 Å². The smallest absolute Gasteiger partial charge is 0.248 e. The molecule has 1 saturated heterocycles. The zero-order valence-electron chi connectivity index (χ0n) is 14.4. The first kappa shape index (κ1) is 18.0. The Morgan fingerprint density at radius 3 is 2.65 bits per heavy atom. The Balaban J connectivity index is 1.65. The second kappa shape index (κ2) is 8.06. The molecule has 2 aromatic carbocycles. The first-order valence-electron chi connectivity index (χ1n) is 8.30. The van der Waals surface area contributed by atoms with Gasteiger partial charge < -0.3 is 15.0 Å². The van der Waals surface area contributed by atoms with Crippen molar-refractivity contribution in [3.8, 4) is 5.75 Å². The summed E-state index contributed by atoms with van der Waals surface area (Å²) in [6.45, 7) is 0.745. The molecule has 0 saturated carbocycles. The minimum Gasteiger partial charge on any atom is -0.496 e. The van der Waals surface area contributed by atoms with Crippen LogP contribution in [0.15, 0.2) is 48.5 Å². The van der Waals surface area contributed by atoms with Gasteiger partial charge in [0.15, 0.2) is 0 Å².